The smallest absolute Gasteiger partial charge is 0.122 e. The second-order valence-corrected chi connectivity index (χ2v) is 4.07. The number of nitrogens with one attached hydrogen (secondary N) is 2. The highest BCUT2D eigenvalue weighted by Crippen LogP contribution is 2.25. The maximum Gasteiger partial charge on any atom is 0.122 e. The zero-order valence-electron chi connectivity index (χ0n) is 9.88. The lowest BCUT2D eigenvalue weighted by Gasteiger charge is -2.06. The normalized spacial score (nSPS) is 13.6. The molecule has 1 aromatic rings. The van der Waals surface area contributed by atoms with E-state index in [1.165, 1.54) is 11.1 Å². The van der Waals surface area contributed by atoms with Gasteiger partial charge in [-0.3, -0.25) is 0 Å². The average Bonchev–Trinajstić information content (AvgIpc) is 2.76. The molecule has 0 aromatic heterocycles. The van der Waals surface area contributed by atoms with E-state index in [-0.39, 0.29) is 0 Å². The van der Waals surface area contributed by atoms with Crippen molar-refractivity contribution >= 4 is 0 Å². The van der Waals surface area contributed by atoms with Crippen molar-refractivity contribution in [1.82, 2.24) is 10.6 Å². The molecule has 0 atom stereocenters. The van der Waals surface area contributed by atoms with Gasteiger partial charge in [-0.15, -0.1) is 0 Å². The highest BCUT2D eigenvalue weighted by atomic mass is 16.5. The highest BCUT2D eigenvalue weighted by Gasteiger charge is 2.11. The molecule has 0 spiro atoms. The van der Waals surface area contributed by atoms with Crippen LogP contribution in [-0.4, -0.2) is 26.2 Å². The van der Waals surface area contributed by atoms with E-state index in [0.717, 1.165) is 45.0 Å². The number of hydrogen-bond donors (Lipinski definition) is 2. The Labute approximate surface area is 97.2 Å². The second kappa shape index (κ2) is 5.87. The van der Waals surface area contributed by atoms with E-state index < -0.39 is 0 Å². The standard InChI is InChI=1S/C13H20N2O/c1-2-14-6-7-15-10-11-3-4-13-12(9-11)5-8-16-13/h3-4,9,14-15H,2,5-8,10H2,1H3. The Bertz CT molecular complexity index is 339. The summed E-state index contributed by atoms with van der Waals surface area (Å²) in [5.74, 6) is 1.07. The quantitative estimate of drug-likeness (QED) is 0.709. The van der Waals surface area contributed by atoms with Gasteiger partial charge in [-0.25, -0.2) is 0 Å². The third-order valence-corrected chi connectivity index (χ3v) is 2.81. The maximum absolute atomic E-state index is 5.48. The minimum atomic E-state index is 0.840. The van der Waals surface area contributed by atoms with Gasteiger partial charge in [0, 0.05) is 26.1 Å². The third-order valence-electron chi connectivity index (χ3n) is 2.81. The molecule has 1 aliphatic heterocycles. The molecule has 1 aliphatic rings. The van der Waals surface area contributed by atoms with Gasteiger partial charge in [0.25, 0.3) is 0 Å². The van der Waals surface area contributed by atoms with Crippen LogP contribution in [0.1, 0.15) is 18.1 Å². The van der Waals surface area contributed by atoms with Gasteiger partial charge in [-0.1, -0.05) is 19.1 Å². The van der Waals surface area contributed by atoms with Gasteiger partial charge in [0.2, 0.25) is 0 Å². The second-order valence-electron chi connectivity index (χ2n) is 4.07. The lowest BCUT2D eigenvalue weighted by molar-refractivity contribution is 0.357. The van der Waals surface area contributed by atoms with Crippen molar-refractivity contribution in [3.8, 4) is 5.75 Å². The first-order valence-corrected chi connectivity index (χ1v) is 6.06. The van der Waals surface area contributed by atoms with Crippen LogP contribution in [0.3, 0.4) is 0 Å². The van der Waals surface area contributed by atoms with E-state index in [2.05, 4.69) is 35.8 Å². The predicted octanol–water partition coefficient (Wildman–Crippen LogP) is 1.32. The number of fused-ring (bicyclic) bond motifs is 1. The topological polar surface area (TPSA) is 33.3 Å². The lowest BCUT2D eigenvalue weighted by Crippen LogP contribution is -2.26. The van der Waals surface area contributed by atoms with Gasteiger partial charge in [0.05, 0.1) is 6.61 Å². The van der Waals surface area contributed by atoms with Crippen LogP contribution in [0, 0.1) is 0 Å². The summed E-state index contributed by atoms with van der Waals surface area (Å²) >= 11 is 0. The van der Waals surface area contributed by atoms with Crippen LogP contribution in [0.2, 0.25) is 0 Å². The zero-order chi connectivity index (χ0) is 11.2. The summed E-state index contributed by atoms with van der Waals surface area (Å²) in [4.78, 5) is 0. The molecule has 0 saturated carbocycles. The number of hydrogen-bond acceptors (Lipinski definition) is 3. The van der Waals surface area contributed by atoms with Crippen LogP contribution >= 0.6 is 0 Å². The first-order valence-electron chi connectivity index (χ1n) is 6.06. The van der Waals surface area contributed by atoms with Gasteiger partial charge in [0.15, 0.2) is 0 Å². The largest absolute Gasteiger partial charge is 0.493 e. The first-order chi connectivity index (χ1) is 7.90. The van der Waals surface area contributed by atoms with Crippen LogP contribution in [0.4, 0.5) is 0 Å². The van der Waals surface area contributed by atoms with Crippen LogP contribution in [0.25, 0.3) is 0 Å². The van der Waals surface area contributed by atoms with Gasteiger partial charge in [0.1, 0.15) is 5.75 Å². The molecular formula is C13H20N2O. The molecule has 0 bridgehead atoms. The molecule has 0 saturated heterocycles. The fourth-order valence-electron chi connectivity index (χ4n) is 1.94. The predicted molar refractivity (Wildman–Crippen MR) is 65.9 cm³/mol. The fraction of sp³-hybridized carbons (Fsp3) is 0.538. The maximum atomic E-state index is 5.48. The number of benzene rings is 1. The van der Waals surface area contributed by atoms with Gasteiger partial charge < -0.3 is 15.4 Å². The molecule has 3 nitrogen and oxygen atoms in total. The van der Waals surface area contributed by atoms with Crippen LogP contribution < -0.4 is 15.4 Å². The van der Waals surface area contributed by atoms with Crippen LogP contribution in [-0.2, 0) is 13.0 Å². The number of rotatable bonds is 6. The molecule has 16 heavy (non-hydrogen) atoms. The first kappa shape index (κ1) is 11.4. The van der Waals surface area contributed by atoms with Crippen molar-refractivity contribution in [3.05, 3.63) is 29.3 Å². The minimum Gasteiger partial charge on any atom is -0.493 e. The van der Waals surface area contributed by atoms with Crippen molar-refractivity contribution in [2.75, 3.05) is 26.2 Å². The van der Waals surface area contributed by atoms with E-state index in [9.17, 15) is 0 Å². The summed E-state index contributed by atoms with van der Waals surface area (Å²) in [6, 6.07) is 6.48. The van der Waals surface area contributed by atoms with Crippen LogP contribution in [0.15, 0.2) is 18.2 Å². The monoisotopic (exact) mass is 220 g/mol. The summed E-state index contributed by atoms with van der Waals surface area (Å²) in [5.41, 5.74) is 2.70. The summed E-state index contributed by atoms with van der Waals surface area (Å²) in [6.45, 7) is 7.00. The Morgan fingerprint density at radius 2 is 2.12 bits per heavy atom. The molecule has 0 aliphatic carbocycles. The Kier molecular flexibility index (Phi) is 4.19. The third kappa shape index (κ3) is 2.97. The van der Waals surface area contributed by atoms with Crippen molar-refractivity contribution in [2.45, 2.75) is 19.9 Å². The molecule has 0 fully saturated rings. The van der Waals surface area contributed by atoms with E-state index >= 15 is 0 Å². The molecule has 88 valence electrons. The Morgan fingerprint density at radius 1 is 1.25 bits per heavy atom. The average molecular weight is 220 g/mol. The molecule has 0 radical (unpaired) electrons. The summed E-state index contributed by atoms with van der Waals surface area (Å²) in [5, 5.41) is 6.72. The summed E-state index contributed by atoms with van der Waals surface area (Å²) in [7, 11) is 0. The summed E-state index contributed by atoms with van der Waals surface area (Å²) in [6.07, 6.45) is 1.06. The molecule has 0 unspecified atom stereocenters. The Balaban J connectivity index is 1.77. The van der Waals surface area contributed by atoms with Crippen molar-refractivity contribution in [3.63, 3.8) is 0 Å². The van der Waals surface area contributed by atoms with E-state index in [0.29, 0.717) is 0 Å². The molecule has 3 heteroatoms. The van der Waals surface area contributed by atoms with Crippen LogP contribution in [0.5, 0.6) is 5.75 Å². The van der Waals surface area contributed by atoms with E-state index in [1.54, 1.807) is 0 Å². The Morgan fingerprint density at radius 3 is 3.00 bits per heavy atom. The molecule has 1 heterocycles. The lowest BCUT2D eigenvalue weighted by atomic mass is 10.1. The molecule has 0 amide bonds. The molecule has 1 aromatic carbocycles. The number of likely N-dealkylation sites (N-methyl/N-ethyl adjacent to an activating group) is 1. The minimum absolute atomic E-state index is 0.840. The van der Waals surface area contributed by atoms with Crippen molar-refractivity contribution in [1.29, 1.82) is 0 Å². The van der Waals surface area contributed by atoms with E-state index in [4.69, 9.17) is 4.74 Å². The number of ether oxygens (including phenoxy) is 1. The van der Waals surface area contributed by atoms with Crippen molar-refractivity contribution in [2.24, 2.45) is 0 Å². The SMILES string of the molecule is CCNCCNCc1ccc2c(c1)CCO2. The molecule has 2 N–H and O–H groups in total. The van der Waals surface area contributed by atoms with Crippen molar-refractivity contribution < 1.29 is 4.74 Å². The fourth-order valence-corrected chi connectivity index (χ4v) is 1.94. The van der Waals surface area contributed by atoms with E-state index in [1.807, 2.05) is 0 Å². The Hall–Kier alpha value is -1.06. The van der Waals surface area contributed by atoms with Gasteiger partial charge in [-0.2, -0.15) is 0 Å². The van der Waals surface area contributed by atoms with Gasteiger partial charge >= 0.3 is 0 Å². The molecular weight excluding hydrogens is 200 g/mol. The highest BCUT2D eigenvalue weighted by molar-refractivity contribution is 5.39. The van der Waals surface area contributed by atoms with Gasteiger partial charge in [-0.05, 0) is 23.7 Å². The molecule has 2 rings (SSSR count). The summed E-state index contributed by atoms with van der Waals surface area (Å²) < 4.78 is 5.48. The zero-order valence-corrected chi connectivity index (χ0v) is 9.88.